The van der Waals surface area contributed by atoms with E-state index in [1.807, 2.05) is 30.3 Å². The molecule has 0 aromatic heterocycles. The Morgan fingerprint density at radius 1 is 1.09 bits per heavy atom. The van der Waals surface area contributed by atoms with E-state index in [2.05, 4.69) is 5.32 Å². The maximum atomic E-state index is 14.1. The lowest BCUT2D eigenvalue weighted by molar-refractivity contribution is -0.124. The first-order valence-corrected chi connectivity index (χ1v) is 7.53. The lowest BCUT2D eigenvalue weighted by Gasteiger charge is -2.29. The Morgan fingerprint density at radius 3 is 2.65 bits per heavy atom. The molecule has 1 heterocycles. The number of anilines is 1. The van der Waals surface area contributed by atoms with Gasteiger partial charge in [0, 0.05) is 13.0 Å². The minimum atomic E-state index is -0.466. The van der Waals surface area contributed by atoms with Crippen molar-refractivity contribution in [3.8, 4) is 0 Å². The molecule has 2 aromatic carbocycles. The van der Waals surface area contributed by atoms with Crippen molar-refractivity contribution in [3.63, 3.8) is 0 Å². The highest BCUT2D eigenvalue weighted by Gasteiger charge is 2.28. The number of rotatable bonds is 4. The van der Waals surface area contributed by atoms with E-state index in [1.54, 1.807) is 12.1 Å². The van der Waals surface area contributed by atoms with Crippen LogP contribution in [0.25, 0.3) is 0 Å². The highest BCUT2D eigenvalue weighted by Crippen LogP contribution is 2.30. The average Bonchev–Trinajstić information content (AvgIpc) is 2.57. The Hall–Kier alpha value is -2.69. The molecule has 0 saturated heterocycles. The average molecular weight is 312 g/mol. The molecule has 4 nitrogen and oxygen atoms in total. The van der Waals surface area contributed by atoms with Gasteiger partial charge in [0.15, 0.2) is 0 Å². The lowest BCUT2D eigenvalue weighted by Crippen LogP contribution is -2.43. The number of carbonyl (C=O) groups excluding carboxylic acids is 2. The molecule has 3 rings (SSSR count). The highest BCUT2D eigenvalue weighted by molar-refractivity contribution is 6.01. The molecule has 1 aliphatic heterocycles. The van der Waals surface area contributed by atoms with Gasteiger partial charge in [-0.25, -0.2) is 4.39 Å². The standard InChI is InChI=1S/C18H17FN2O2/c19-15-8-4-7-14-9-10-17(23)21(18(14)15)12-16(22)20-11-13-5-2-1-3-6-13/h1-8H,9-12H2,(H,20,22). The molecule has 0 spiro atoms. The summed E-state index contributed by atoms with van der Waals surface area (Å²) in [6, 6.07) is 14.2. The molecule has 23 heavy (non-hydrogen) atoms. The molecule has 5 heteroatoms. The van der Waals surface area contributed by atoms with Gasteiger partial charge in [0.05, 0.1) is 5.69 Å². The molecule has 118 valence electrons. The number of aryl methyl sites for hydroxylation is 1. The molecule has 0 fully saturated rings. The quantitative estimate of drug-likeness (QED) is 0.942. The topological polar surface area (TPSA) is 49.4 Å². The summed E-state index contributed by atoms with van der Waals surface area (Å²) in [5, 5.41) is 2.76. The summed E-state index contributed by atoms with van der Waals surface area (Å²) in [7, 11) is 0. The summed E-state index contributed by atoms with van der Waals surface area (Å²) in [4.78, 5) is 25.5. The number of benzene rings is 2. The van der Waals surface area contributed by atoms with Crippen LogP contribution in [-0.4, -0.2) is 18.4 Å². The summed E-state index contributed by atoms with van der Waals surface area (Å²) in [6.45, 7) is 0.214. The summed E-state index contributed by atoms with van der Waals surface area (Å²) in [5.41, 5.74) is 1.97. The van der Waals surface area contributed by atoms with Crippen molar-refractivity contribution in [2.45, 2.75) is 19.4 Å². The van der Waals surface area contributed by atoms with Gasteiger partial charge in [0.2, 0.25) is 11.8 Å². The highest BCUT2D eigenvalue weighted by atomic mass is 19.1. The Morgan fingerprint density at radius 2 is 1.87 bits per heavy atom. The molecular weight excluding hydrogens is 295 g/mol. The van der Waals surface area contributed by atoms with Crippen molar-refractivity contribution >= 4 is 17.5 Å². The molecule has 1 aliphatic rings. The van der Waals surface area contributed by atoms with Crippen LogP contribution < -0.4 is 10.2 Å². The third kappa shape index (κ3) is 3.39. The first kappa shape index (κ1) is 15.2. The molecule has 0 bridgehead atoms. The second-order valence-electron chi connectivity index (χ2n) is 5.49. The predicted octanol–water partition coefficient (Wildman–Crippen LogP) is 2.42. The number of fused-ring (bicyclic) bond motifs is 1. The Labute approximate surface area is 133 Å². The van der Waals surface area contributed by atoms with E-state index >= 15 is 0 Å². The zero-order chi connectivity index (χ0) is 16.2. The third-order valence-corrected chi connectivity index (χ3v) is 3.88. The van der Waals surface area contributed by atoms with Crippen LogP contribution in [0.1, 0.15) is 17.5 Å². The molecular formula is C18H17FN2O2. The van der Waals surface area contributed by atoms with Crippen LogP contribution in [0.2, 0.25) is 0 Å². The van der Waals surface area contributed by atoms with Gasteiger partial charge in [-0.15, -0.1) is 0 Å². The van der Waals surface area contributed by atoms with Crippen molar-refractivity contribution in [1.82, 2.24) is 5.32 Å². The molecule has 1 N–H and O–H groups in total. The normalized spacial score (nSPS) is 13.6. The molecule has 0 saturated carbocycles. The molecule has 0 radical (unpaired) electrons. The van der Waals surface area contributed by atoms with Crippen molar-refractivity contribution in [2.75, 3.05) is 11.4 Å². The van der Waals surface area contributed by atoms with Gasteiger partial charge in [-0.05, 0) is 23.6 Å². The van der Waals surface area contributed by atoms with Crippen LogP contribution in [0, 0.1) is 5.82 Å². The van der Waals surface area contributed by atoms with Gasteiger partial charge >= 0.3 is 0 Å². The number of hydrogen-bond donors (Lipinski definition) is 1. The predicted molar refractivity (Wildman–Crippen MR) is 85.4 cm³/mol. The Kier molecular flexibility index (Phi) is 4.37. The Balaban J connectivity index is 1.70. The largest absolute Gasteiger partial charge is 0.350 e. The summed E-state index contributed by atoms with van der Waals surface area (Å²) >= 11 is 0. The molecule has 0 aliphatic carbocycles. The van der Waals surface area contributed by atoms with Gasteiger partial charge < -0.3 is 5.32 Å². The molecule has 0 atom stereocenters. The van der Waals surface area contributed by atoms with Crippen molar-refractivity contribution in [1.29, 1.82) is 0 Å². The summed E-state index contributed by atoms with van der Waals surface area (Å²) in [5.74, 6) is -0.998. The smallest absolute Gasteiger partial charge is 0.240 e. The maximum absolute atomic E-state index is 14.1. The van der Waals surface area contributed by atoms with Crippen molar-refractivity contribution in [2.24, 2.45) is 0 Å². The lowest BCUT2D eigenvalue weighted by atomic mass is 10.0. The number of amides is 2. The summed E-state index contributed by atoms with van der Waals surface area (Å²) < 4.78 is 14.1. The fraction of sp³-hybridized carbons (Fsp3) is 0.222. The van der Waals surface area contributed by atoms with Gasteiger partial charge in [-0.2, -0.15) is 0 Å². The number of nitrogens with zero attached hydrogens (tertiary/aromatic N) is 1. The third-order valence-electron chi connectivity index (χ3n) is 3.88. The van der Waals surface area contributed by atoms with E-state index in [-0.39, 0.29) is 24.0 Å². The number of hydrogen-bond acceptors (Lipinski definition) is 2. The van der Waals surface area contributed by atoms with Gasteiger partial charge in [-0.1, -0.05) is 42.5 Å². The van der Waals surface area contributed by atoms with E-state index in [4.69, 9.17) is 0 Å². The van der Waals surface area contributed by atoms with Crippen LogP contribution >= 0.6 is 0 Å². The minimum absolute atomic E-state index is 0.167. The van der Waals surface area contributed by atoms with Gasteiger partial charge in [-0.3, -0.25) is 14.5 Å². The molecule has 2 aromatic rings. The maximum Gasteiger partial charge on any atom is 0.240 e. The SMILES string of the molecule is O=C(CN1C(=O)CCc2cccc(F)c21)NCc1ccccc1. The van der Waals surface area contributed by atoms with Crippen LogP contribution in [0.4, 0.5) is 10.1 Å². The fourth-order valence-electron chi connectivity index (χ4n) is 2.73. The van der Waals surface area contributed by atoms with E-state index in [9.17, 15) is 14.0 Å². The number of nitrogens with one attached hydrogen (secondary N) is 1. The zero-order valence-electron chi connectivity index (χ0n) is 12.6. The number of carbonyl (C=O) groups is 2. The van der Waals surface area contributed by atoms with Crippen molar-refractivity contribution < 1.29 is 14.0 Å². The van der Waals surface area contributed by atoms with E-state index in [0.29, 0.717) is 19.4 Å². The first-order chi connectivity index (χ1) is 11.1. The van der Waals surface area contributed by atoms with Crippen LogP contribution in [0.15, 0.2) is 48.5 Å². The Bertz CT molecular complexity index is 731. The monoisotopic (exact) mass is 312 g/mol. The van der Waals surface area contributed by atoms with Crippen LogP contribution in [0.3, 0.4) is 0 Å². The van der Waals surface area contributed by atoms with Crippen molar-refractivity contribution in [3.05, 3.63) is 65.5 Å². The van der Waals surface area contributed by atoms with Gasteiger partial charge in [0.1, 0.15) is 12.4 Å². The van der Waals surface area contributed by atoms with Crippen LogP contribution in [0.5, 0.6) is 0 Å². The number of halogens is 1. The fourth-order valence-corrected chi connectivity index (χ4v) is 2.73. The second kappa shape index (κ2) is 6.60. The van der Waals surface area contributed by atoms with Crippen LogP contribution in [-0.2, 0) is 22.6 Å². The molecule has 2 amide bonds. The number of para-hydroxylation sites is 1. The van der Waals surface area contributed by atoms with E-state index in [0.717, 1.165) is 11.1 Å². The van der Waals surface area contributed by atoms with E-state index < -0.39 is 5.82 Å². The minimum Gasteiger partial charge on any atom is -0.350 e. The second-order valence-corrected chi connectivity index (χ2v) is 5.49. The van der Waals surface area contributed by atoms with Gasteiger partial charge in [0.25, 0.3) is 0 Å². The zero-order valence-corrected chi connectivity index (χ0v) is 12.6. The summed E-state index contributed by atoms with van der Waals surface area (Å²) in [6.07, 6.45) is 0.802. The molecule has 0 unspecified atom stereocenters. The van der Waals surface area contributed by atoms with E-state index in [1.165, 1.54) is 11.0 Å². The first-order valence-electron chi connectivity index (χ1n) is 7.53.